The van der Waals surface area contributed by atoms with Crippen molar-refractivity contribution in [2.75, 3.05) is 12.8 Å². The topological polar surface area (TPSA) is 38.1 Å². The first kappa shape index (κ1) is 18.3. The van der Waals surface area contributed by atoms with Gasteiger partial charge in [0.15, 0.2) is 5.16 Å². The largest absolute Gasteiger partial charge is 0.341 e. The maximum Gasteiger partial charge on any atom is 0.321 e. The van der Waals surface area contributed by atoms with E-state index >= 15 is 0 Å². The average Bonchev–Trinajstić information content (AvgIpc) is 3.00. The molecule has 4 nitrogen and oxygen atoms in total. The van der Waals surface area contributed by atoms with Gasteiger partial charge in [0, 0.05) is 19.2 Å². The Morgan fingerprint density at radius 2 is 1.88 bits per heavy atom. The second kappa shape index (κ2) is 7.82. The zero-order valence-corrected chi connectivity index (χ0v) is 14.7. The van der Waals surface area contributed by atoms with Gasteiger partial charge in [-0.2, -0.15) is 8.78 Å². The van der Waals surface area contributed by atoms with E-state index in [1.54, 1.807) is 49.5 Å². The quantitative estimate of drug-likeness (QED) is 0.599. The van der Waals surface area contributed by atoms with Crippen LogP contribution in [0.25, 0.3) is 11.0 Å². The summed E-state index contributed by atoms with van der Waals surface area (Å²) < 4.78 is 41.3. The van der Waals surface area contributed by atoms with Crippen molar-refractivity contribution in [3.63, 3.8) is 0 Å². The number of carbonyl (C=O) groups excluding carboxylic acids is 1. The van der Waals surface area contributed by atoms with E-state index in [0.29, 0.717) is 16.6 Å². The molecule has 0 spiro atoms. The molecular weight excluding hydrogens is 363 g/mol. The van der Waals surface area contributed by atoms with Gasteiger partial charge in [-0.3, -0.25) is 9.36 Å². The third-order valence-corrected chi connectivity index (χ3v) is 4.81. The number of aromatic nitrogens is 2. The van der Waals surface area contributed by atoms with Crippen LogP contribution in [0.3, 0.4) is 0 Å². The third-order valence-electron chi connectivity index (χ3n) is 3.87. The van der Waals surface area contributed by atoms with Gasteiger partial charge >= 0.3 is 6.55 Å². The van der Waals surface area contributed by atoms with Gasteiger partial charge in [0.2, 0.25) is 5.91 Å². The number of rotatable bonds is 6. The highest BCUT2D eigenvalue weighted by Gasteiger charge is 2.20. The molecule has 2 aromatic carbocycles. The number of para-hydroxylation sites is 2. The Kier molecular flexibility index (Phi) is 5.51. The number of nitrogens with zero attached hydrogens (tertiary/aromatic N) is 3. The lowest BCUT2D eigenvalue weighted by atomic mass is 10.2. The van der Waals surface area contributed by atoms with Gasteiger partial charge in [0.05, 0.1) is 16.8 Å². The molecule has 0 bridgehead atoms. The normalized spacial score (nSPS) is 11.3. The van der Waals surface area contributed by atoms with E-state index < -0.39 is 6.55 Å². The molecule has 1 heterocycles. The summed E-state index contributed by atoms with van der Waals surface area (Å²) in [5, 5.41) is 0.0776. The van der Waals surface area contributed by atoms with E-state index in [1.165, 1.54) is 11.0 Å². The molecule has 0 fully saturated rings. The summed E-state index contributed by atoms with van der Waals surface area (Å²) in [4.78, 5) is 17.8. The summed E-state index contributed by atoms with van der Waals surface area (Å²) in [5.41, 5.74) is 1.16. The first-order valence-corrected chi connectivity index (χ1v) is 8.81. The van der Waals surface area contributed by atoms with Crippen LogP contribution in [0, 0.1) is 5.82 Å². The van der Waals surface area contributed by atoms with Crippen molar-refractivity contribution in [1.82, 2.24) is 14.5 Å². The molecule has 0 radical (unpaired) electrons. The highest BCUT2D eigenvalue weighted by atomic mass is 32.2. The van der Waals surface area contributed by atoms with Gasteiger partial charge in [-0.05, 0) is 18.2 Å². The first-order chi connectivity index (χ1) is 12.5. The van der Waals surface area contributed by atoms with E-state index in [9.17, 15) is 18.0 Å². The number of fused-ring (bicyclic) bond motifs is 1. The number of hydrogen-bond acceptors (Lipinski definition) is 3. The molecule has 8 heteroatoms. The lowest BCUT2D eigenvalue weighted by molar-refractivity contribution is -0.127. The van der Waals surface area contributed by atoms with E-state index in [4.69, 9.17) is 0 Å². The molecule has 3 rings (SSSR count). The highest BCUT2D eigenvalue weighted by molar-refractivity contribution is 7.99. The minimum absolute atomic E-state index is 0.0685. The Hall–Kier alpha value is -2.48. The van der Waals surface area contributed by atoms with E-state index in [-0.39, 0.29) is 29.2 Å². The van der Waals surface area contributed by atoms with Crippen LogP contribution in [-0.2, 0) is 11.3 Å². The minimum Gasteiger partial charge on any atom is -0.341 e. The lowest BCUT2D eigenvalue weighted by Crippen LogP contribution is -2.28. The second-order valence-electron chi connectivity index (χ2n) is 5.66. The molecule has 0 N–H and O–H groups in total. The molecule has 0 aliphatic carbocycles. The van der Waals surface area contributed by atoms with E-state index in [0.717, 1.165) is 16.3 Å². The molecule has 0 unspecified atom stereocenters. The van der Waals surface area contributed by atoms with Crippen molar-refractivity contribution >= 4 is 28.7 Å². The van der Waals surface area contributed by atoms with Crippen LogP contribution in [0.15, 0.2) is 53.7 Å². The molecule has 1 amide bonds. The van der Waals surface area contributed by atoms with Gasteiger partial charge < -0.3 is 4.90 Å². The smallest absolute Gasteiger partial charge is 0.321 e. The van der Waals surface area contributed by atoms with Gasteiger partial charge in [0.1, 0.15) is 5.82 Å². The van der Waals surface area contributed by atoms with Crippen LogP contribution in [-0.4, -0.2) is 33.2 Å². The highest BCUT2D eigenvalue weighted by Crippen LogP contribution is 2.29. The van der Waals surface area contributed by atoms with Crippen molar-refractivity contribution in [3.8, 4) is 0 Å². The number of imidazole rings is 1. The molecule has 136 valence electrons. The summed E-state index contributed by atoms with van der Waals surface area (Å²) in [5.74, 6) is -0.758. The van der Waals surface area contributed by atoms with Crippen molar-refractivity contribution in [2.24, 2.45) is 0 Å². The number of alkyl halides is 2. The molecule has 3 aromatic rings. The zero-order chi connectivity index (χ0) is 18.7. The van der Waals surface area contributed by atoms with Gasteiger partial charge in [-0.15, -0.1) is 0 Å². The monoisotopic (exact) mass is 379 g/mol. The number of amides is 1. The third kappa shape index (κ3) is 3.85. The standard InChI is InChI=1S/C18H16F3N3OS/c1-23(10-12-6-2-3-7-13(12)19)16(25)11-26-18-22-14-8-4-5-9-15(14)24(18)17(20)21/h2-9,17H,10-11H2,1H3. The number of thioether (sulfide) groups is 1. The zero-order valence-electron chi connectivity index (χ0n) is 13.9. The predicted molar refractivity (Wildman–Crippen MR) is 94.6 cm³/mol. The molecule has 0 aliphatic rings. The lowest BCUT2D eigenvalue weighted by Gasteiger charge is -2.17. The van der Waals surface area contributed by atoms with Crippen LogP contribution in [0.2, 0.25) is 0 Å². The number of carbonyl (C=O) groups is 1. The number of halogens is 3. The van der Waals surface area contributed by atoms with Crippen molar-refractivity contribution in [3.05, 3.63) is 59.9 Å². The Balaban J connectivity index is 1.70. The van der Waals surface area contributed by atoms with Crippen molar-refractivity contribution in [1.29, 1.82) is 0 Å². The van der Waals surface area contributed by atoms with Gasteiger partial charge in [0.25, 0.3) is 0 Å². The SMILES string of the molecule is CN(Cc1ccccc1F)C(=O)CSc1nc2ccccc2n1C(F)F. The second-order valence-corrected chi connectivity index (χ2v) is 6.60. The molecule has 0 aliphatic heterocycles. The summed E-state index contributed by atoms with van der Waals surface area (Å²) in [6, 6.07) is 12.8. The molecule has 0 atom stereocenters. The Labute approximate surface area is 152 Å². The van der Waals surface area contributed by atoms with Crippen molar-refractivity contribution in [2.45, 2.75) is 18.3 Å². The Bertz CT molecular complexity index is 929. The van der Waals surface area contributed by atoms with Crippen LogP contribution in [0.4, 0.5) is 13.2 Å². The van der Waals surface area contributed by atoms with E-state index in [2.05, 4.69) is 4.98 Å². The maximum absolute atomic E-state index is 13.7. The molecule has 26 heavy (non-hydrogen) atoms. The Morgan fingerprint density at radius 1 is 1.19 bits per heavy atom. The average molecular weight is 379 g/mol. The van der Waals surface area contributed by atoms with Crippen LogP contribution in [0.5, 0.6) is 0 Å². The first-order valence-electron chi connectivity index (χ1n) is 7.82. The molecular formula is C18H16F3N3OS. The minimum atomic E-state index is -2.75. The molecule has 0 saturated carbocycles. The van der Waals surface area contributed by atoms with Crippen LogP contribution >= 0.6 is 11.8 Å². The van der Waals surface area contributed by atoms with E-state index in [1.807, 2.05) is 0 Å². The fraction of sp³-hybridized carbons (Fsp3) is 0.222. The summed E-state index contributed by atoms with van der Waals surface area (Å²) in [7, 11) is 1.55. The van der Waals surface area contributed by atoms with Crippen LogP contribution in [0.1, 0.15) is 12.1 Å². The van der Waals surface area contributed by atoms with Crippen LogP contribution < -0.4 is 0 Å². The predicted octanol–water partition coefficient (Wildman–Crippen LogP) is 4.32. The van der Waals surface area contributed by atoms with Gasteiger partial charge in [-0.25, -0.2) is 9.37 Å². The fourth-order valence-electron chi connectivity index (χ4n) is 2.52. The Morgan fingerprint density at radius 3 is 2.62 bits per heavy atom. The summed E-state index contributed by atoms with van der Waals surface area (Å²) in [6.07, 6.45) is 0. The molecule has 0 saturated heterocycles. The van der Waals surface area contributed by atoms with Gasteiger partial charge in [-0.1, -0.05) is 42.1 Å². The summed E-state index contributed by atoms with van der Waals surface area (Å²) in [6.45, 7) is -2.65. The summed E-state index contributed by atoms with van der Waals surface area (Å²) >= 11 is 0.939. The number of hydrogen-bond donors (Lipinski definition) is 0. The maximum atomic E-state index is 13.7. The molecule has 1 aromatic heterocycles. The van der Waals surface area contributed by atoms with Crippen molar-refractivity contribution < 1.29 is 18.0 Å². The fourth-order valence-corrected chi connectivity index (χ4v) is 3.47. The number of benzene rings is 2.